The molecule has 0 saturated carbocycles. The number of carbonyl (C=O) groups is 1. The second kappa shape index (κ2) is 8.73. The van der Waals surface area contributed by atoms with Gasteiger partial charge >= 0.3 is 0 Å². The number of amidine groups is 1. The van der Waals surface area contributed by atoms with Gasteiger partial charge in [0, 0.05) is 24.4 Å². The van der Waals surface area contributed by atoms with E-state index in [1.54, 1.807) is 23.7 Å². The number of nitrogens with zero attached hydrogens (tertiary/aromatic N) is 3. The fourth-order valence-corrected chi connectivity index (χ4v) is 2.80. The van der Waals surface area contributed by atoms with E-state index in [9.17, 15) is 4.79 Å². The van der Waals surface area contributed by atoms with Crippen LogP contribution in [-0.4, -0.2) is 34.0 Å². The Hall–Kier alpha value is -1.62. The number of hydrazone groups is 1. The molecule has 4 nitrogen and oxygen atoms in total. The predicted molar refractivity (Wildman–Crippen MR) is 97.2 cm³/mol. The summed E-state index contributed by atoms with van der Waals surface area (Å²) in [6.45, 7) is 9.74. The third kappa shape index (κ3) is 4.98. The van der Waals surface area contributed by atoms with Gasteiger partial charge in [-0.2, -0.15) is 5.10 Å². The van der Waals surface area contributed by atoms with Gasteiger partial charge in [0.1, 0.15) is 5.78 Å². The van der Waals surface area contributed by atoms with E-state index in [1.165, 1.54) is 0 Å². The first-order chi connectivity index (χ1) is 10.5. The number of aliphatic imine (C=N–C) groups is 1. The highest BCUT2D eigenvalue weighted by Gasteiger charge is 2.21. The van der Waals surface area contributed by atoms with Crippen LogP contribution in [0.2, 0.25) is 0 Å². The molecule has 0 aromatic heterocycles. The quantitative estimate of drug-likeness (QED) is 0.835. The van der Waals surface area contributed by atoms with Crippen molar-refractivity contribution in [2.24, 2.45) is 10.1 Å². The lowest BCUT2D eigenvalue weighted by Gasteiger charge is -2.25. The van der Waals surface area contributed by atoms with E-state index in [2.05, 4.69) is 17.0 Å². The van der Waals surface area contributed by atoms with E-state index in [0.29, 0.717) is 11.7 Å². The molecule has 1 aliphatic heterocycles. The highest BCUT2D eigenvalue weighted by atomic mass is 32.2. The average molecular weight is 319 g/mol. The number of ketones is 1. The van der Waals surface area contributed by atoms with Crippen LogP contribution in [0.25, 0.3) is 0 Å². The fraction of sp³-hybridized carbons (Fsp3) is 0.471. The van der Waals surface area contributed by atoms with Gasteiger partial charge in [0.2, 0.25) is 0 Å². The predicted octanol–water partition coefficient (Wildman–Crippen LogP) is 4.27. The molecule has 2 rings (SSSR count). The van der Waals surface area contributed by atoms with Crippen LogP contribution < -0.4 is 0 Å². The second-order valence-corrected chi connectivity index (χ2v) is 6.23. The van der Waals surface area contributed by atoms with Crippen LogP contribution in [0.3, 0.4) is 0 Å². The summed E-state index contributed by atoms with van der Waals surface area (Å²) in [5.74, 6) is 0.143. The minimum absolute atomic E-state index is 0.143. The first-order valence-corrected chi connectivity index (χ1v) is 8.47. The Labute approximate surface area is 137 Å². The largest absolute Gasteiger partial charge is 0.300 e. The Morgan fingerprint density at radius 3 is 2.64 bits per heavy atom. The first-order valence-electron chi connectivity index (χ1n) is 7.59. The van der Waals surface area contributed by atoms with E-state index in [0.717, 1.165) is 22.1 Å². The average Bonchev–Trinajstić information content (AvgIpc) is 2.48. The summed E-state index contributed by atoms with van der Waals surface area (Å²) in [7, 11) is 1.90. The normalized spacial score (nSPS) is 19.4. The van der Waals surface area contributed by atoms with Gasteiger partial charge in [-0.1, -0.05) is 43.8 Å². The lowest BCUT2D eigenvalue weighted by molar-refractivity contribution is -0.116. The highest BCUT2D eigenvalue weighted by Crippen LogP contribution is 2.27. The number of hydrogen-bond acceptors (Lipinski definition) is 4. The molecule has 0 fully saturated rings. The number of hydrogen-bond donors (Lipinski definition) is 0. The van der Waals surface area contributed by atoms with Crippen molar-refractivity contribution in [3.05, 3.63) is 29.8 Å². The molecule has 5 heteroatoms. The van der Waals surface area contributed by atoms with E-state index >= 15 is 0 Å². The smallest absolute Gasteiger partial charge is 0.185 e. The zero-order chi connectivity index (χ0) is 16.7. The zero-order valence-corrected chi connectivity index (χ0v) is 15.1. The van der Waals surface area contributed by atoms with Crippen molar-refractivity contribution in [3.8, 4) is 0 Å². The first kappa shape index (κ1) is 18.4. The Balaban J connectivity index is 0.00000116. The van der Waals surface area contributed by atoms with Gasteiger partial charge in [0.25, 0.3) is 0 Å². The van der Waals surface area contributed by atoms with Crippen molar-refractivity contribution in [2.75, 3.05) is 7.05 Å². The third-order valence-electron chi connectivity index (χ3n) is 3.10. The highest BCUT2D eigenvalue weighted by molar-refractivity contribution is 8.15. The minimum atomic E-state index is 0.143. The lowest BCUT2D eigenvalue weighted by Crippen LogP contribution is -2.30. The summed E-state index contributed by atoms with van der Waals surface area (Å²) < 4.78 is 0. The second-order valence-electron chi connectivity index (χ2n) is 4.93. The maximum absolute atomic E-state index is 11.3. The number of carbonyl (C=O) groups excluding carboxylic acids is 1. The summed E-state index contributed by atoms with van der Waals surface area (Å²) in [5, 5.41) is 7.44. The van der Waals surface area contributed by atoms with Gasteiger partial charge in [-0.15, -0.1) is 0 Å². The zero-order valence-electron chi connectivity index (χ0n) is 14.3. The van der Waals surface area contributed by atoms with Crippen LogP contribution in [0.15, 0.2) is 34.4 Å². The van der Waals surface area contributed by atoms with Crippen LogP contribution in [-0.2, 0) is 11.2 Å². The number of Topliss-reactive ketones (excluding diaryl/α,β-unsaturated/α-hetero) is 1. The Kier molecular flexibility index (Phi) is 7.32. The van der Waals surface area contributed by atoms with Gasteiger partial charge in [0.05, 0.1) is 5.69 Å². The number of rotatable bonds is 3. The molecule has 0 saturated heterocycles. The Morgan fingerprint density at radius 1 is 1.36 bits per heavy atom. The molecule has 0 N–H and O–H groups in total. The van der Waals surface area contributed by atoms with Crippen molar-refractivity contribution in [2.45, 2.75) is 46.3 Å². The van der Waals surface area contributed by atoms with Crippen molar-refractivity contribution in [3.63, 3.8) is 0 Å². The van der Waals surface area contributed by atoms with Crippen molar-refractivity contribution in [1.29, 1.82) is 0 Å². The van der Waals surface area contributed by atoms with Gasteiger partial charge in [-0.25, -0.2) is 10.0 Å². The lowest BCUT2D eigenvalue weighted by atomic mass is 10.1. The fourth-order valence-electron chi connectivity index (χ4n) is 1.92. The van der Waals surface area contributed by atoms with E-state index in [4.69, 9.17) is 0 Å². The van der Waals surface area contributed by atoms with Crippen molar-refractivity contribution >= 4 is 34.1 Å². The van der Waals surface area contributed by atoms with Crippen molar-refractivity contribution in [1.82, 2.24) is 5.01 Å². The minimum Gasteiger partial charge on any atom is -0.300 e. The topological polar surface area (TPSA) is 45.0 Å². The molecule has 1 atom stereocenters. The molecular formula is C17H25N3OS. The molecule has 0 aliphatic carbocycles. The summed E-state index contributed by atoms with van der Waals surface area (Å²) >= 11 is 1.69. The number of benzene rings is 1. The summed E-state index contributed by atoms with van der Waals surface area (Å²) in [6, 6.07) is 7.76. The van der Waals surface area contributed by atoms with Crippen LogP contribution in [0.1, 0.15) is 40.2 Å². The molecule has 0 bridgehead atoms. The maximum Gasteiger partial charge on any atom is 0.185 e. The molecule has 120 valence electrons. The van der Waals surface area contributed by atoms with Crippen LogP contribution >= 0.6 is 11.8 Å². The van der Waals surface area contributed by atoms with Gasteiger partial charge < -0.3 is 0 Å². The van der Waals surface area contributed by atoms with E-state index in [1.807, 2.05) is 52.1 Å². The van der Waals surface area contributed by atoms with Gasteiger partial charge in [-0.05, 0) is 32.4 Å². The van der Waals surface area contributed by atoms with Crippen LogP contribution in [0.4, 0.5) is 5.69 Å². The van der Waals surface area contributed by atoms with E-state index in [-0.39, 0.29) is 5.78 Å². The summed E-state index contributed by atoms with van der Waals surface area (Å²) in [6.07, 6.45) is 0.416. The SMILES string of the molecule is CC.CC(=O)Cc1ccccc1N=C1SC(C)C(C)=NN1C. The molecule has 1 unspecified atom stereocenters. The Bertz CT molecular complexity index is 581. The molecule has 1 aromatic rings. The van der Waals surface area contributed by atoms with Crippen LogP contribution in [0.5, 0.6) is 0 Å². The standard InChI is InChI=1S/C15H19N3OS.C2H6/c1-10(19)9-13-7-5-6-8-14(13)16-15-18(4)17-11(2)12(3)20-15;1-2/h5-8,12H,9H2,1-4H3;1-2H3. The monoisotopic (exact) mass is 319 g/mol. The molecule has 1 aromatic carbocycles. The molecule has 0 spiro atoms. The van der Waals surface area contributed by atoms with Crippen molar-refractivity contribution < 1.29 is 4.79 Å². The van der Waals surface area contributed by atoms with Gasteiger partial charge in [-0.3, -0.25) is 4.79 Å². The molecule has 1 aliphatic rings. The molecular weight excluding hydrogens is 294 g/mol. The van der Waals surface area contributed by atoms with Crippen LogP contribution in [0, 0.1) is 0 Å². The number of thioether (sulfide) groups is 1. The molecule has 1 heterocycles. The number of para-hydroxylation sites is 1. The maximum atomic E-state index is 11.3. The van der Waals surface area contributed by atoms with Gasteiger partial charge in [0.15, 0.2) is 5.17 Å². The summed E-state index contributed by atoms with van der Waals surface area (Å²) in [5.41, 5.74) is 2.90. The molecule has 0 radical (unpaired) electrons. The van der Waals surface area contributed by atoms with E-state index < -0.39 is 0 Å². The third-order valence-corrected chi connectivity index (χ3v) is 4.36. The Morgan fingerprint density at radius 2 is 2.00 bits per heavy atom. The molecule has 0 amide bonds. The molecule has 22 heavy (non-hydrogen) atoms. The summed E-state index contributed by atoms with van der Waals surface area (Å²) in [4.78, 5) is 16.0.